The van der Waals surface area contributed by atoms with Crippen LogP contribution in [0.5, 0.6) is 5.75 Å². The number of aromatic nitrogens is 2. The van der Waals surface area contributed by atoms with Gasteiger partial charge in [-0.05, 0) is 63.6 Å². The van der Waals surface area contributed by atoms with E-state index in [4.69, 9.17) is 9.47 Å². The van der Waals surface area contributed by atoms with Gasteiger partial charge in [0.05, 0.1) is 23.6 Å². The molecule has 1 heterocycles. The second-order valence-corrected chi connectivity index (χ2v) is 9.51. The van der Waals surface area contributed by atoms with Crippen molar-refractivity contribution in [2.45, 2.75) is 84.0 Å². The molecular formula is C26H36N4O3. The minimum Gasteiger partial charge on any atom is -0.489 e. The van der Waals surface area contributed by atoms with Crippen molar-refractivity contribution in [2.24, 2.45) is 7.05 Å². The second-order valence-electron chi connectivity index (χ2n) is 9.51. The summed E-state index contributed by atoms with van der Waals surface area (Å²) in [7, 11) is 3.59. The molecule has 0 atom stereocenters. The number of rotatable bonds is 8. The highest BCUT2D eigenvalue weighted by Gasteiger charge is 2.28. The second kappa shape index (κ2) is 10.7. The number of ether oxygens (including phenoxy) is 2. The van der Waals surface area contributed by atoms with Crippen molar-refractivity contribution in [1.82, 2.24) is 14.7 Å². The first-order valence-corrected chi connectivity index (χ1v) is 11.9. The Balaban J connectivity index is 1.76. The van der Waals surface area contributed by atoms with Crippen LogP contribution in [0.15, 0.2) is 24.4 Å². The summed E-state index contributed by atoms with van der Waals surface area (Å²) in [6.45, 7) is 6.27. The van der Waals surface area contributed by atoms with Crippen LogP contribution in [-0.4, -0.2) is 39.5 Å². The van der Waals surface area contributed by atoms with Crippen molar-refractivity contribution >= 4 is 6.09 Å². The summed E-state index contributed by atoms with van der Waals surface area (Å²) in [4.78, 5) is 14.3. The number of benzene rings is 1. The van der Waals surface area contributed by atoms with Crippen LogP contribution in [0.1, 0.15) is 77.0 Å². The van der Waals surface area contributed by atoms with E-state index in [9.17, 15) is 10.1 Å². The highest BCUT2D eigenvalue weighted by atomic mass is 16.6. The van der Waals surface area contributed by atoms with Gasteiger partial charge in [-0.15, -0.1) is 0 Å². The molecule has 1 aliphatic rings. The molecule has 33 heavy (non-hydrogen) atoms. The van der Waals surface area contributed by atoms with Gasteiger partial charge in [-0.1, -0.05) is 25.8 Å². The Morgan fingerprint density at radius 3 is 2.70 bits per heavy atom. The van der Waals surface area contributed by atoms with Crippen LogP contribution in [0.2, 0.25) is 0 Å². The van der Waals surface area contributed by atoms with Crippen molar-refractivity contribution < 1.29 is 14.3 Å². The predicted octanol–water partition coefficient (Wildman–Crippen LogP) is 5.82. The van der Waals surface area contributed by atoms with Crippen LogP contribution in [0, 0.1) is 11.3 Å². The number of nitrogens with zero attached hydrogens (tertiary/aromatic N) is 4. The molecule has 1 aromatic carbocycles. The number of hydrogen-bond donors (Lipinski definition) is 0. The van der Waals surface area contributed by atoms with Crippen molar-refractivity contribution in [1.29, 1.82) is 5.26 Å². The summed E-state index contributed by atoms with van der Waals surface area (Å²) < 4.78 is 13.5. The number of amides is 1. The molecule has 7 nitrogen and oxygen atoms in total. The van der Waals surface area contributed by atoms with Gasteiger partial charge in [-0.2, -0.15) is 10.4 Å². The Hall–Kier alpha value is -3.01. The van der Waals surface area contributed by atoms with Crippen LogP contribution < -0.4 is 4.74 Å². The molecule has 0 unspecified atom stereocenters. The third-order valence-corrected chi connectivity index (χ3v) is 6.69. The maximum absolute atomic E-state index is 12.7. The minimum atomic E-state index is -0.366. The zero-order valence-corrected chi connectivity index (χ0v) is 20.6. The molecule has 1 aliphatic carbocycles. The number of hydrogen-bond acceptors (Lipinski definition) is 5. The highest BCUT2D eigenvalue weighted by molar-refractivity contribution is 5.70. The highest BCUT2D eigenvalue weighted by Crippen LogP contribution is 2.31. The van der Waals surface area contributed by atoms with Gasteiger partial charge in [0.15, 0.2) is 0 Å². The molecule has 1 aromatic heterocycles. The molecule has 2 aromatic rings. The Bertz CT molecular complexity index is 999. The average Bonchev–Trinajstić information content (AvgIpc) is 3.18. The van der Waals surface area contributed by atoms with Crippen LogP contribution in [0.4, 0.5) is 4.79 Å². The summed E-state index contributed by atoms with van der Waals surface area (Å²) in [6.07, 6.45) is 9.10. The normalized spacial score (nSPS) is 14.5. The van der Waals surface area contributed by atoms with Crippen molar-refractivity contribution in [2.75, 3.05) is 7.05 Å². The van der Waals surface area contributed by atoms with E-state index in [1.54, 1.807) is 22.8 Å². The maximum atomic E-state index is 12.7. The van der Waals surface area contributed by atoms with Crippen LogP contribution in [-0.2, 0) is 18.4 Å². The first kappa shape index (κ1) is 24.6. The topological polar surface area (TPSA) is 80.4 Å². The molecule has 0 bridgehead atoms. The lowest BCUT2D eigenvalue weighted by Gasteiger charge is -2.34. The summed E-state index contributed by atoms with van der Waals surface area (Å²) in [5, 5.41) is 14.1. The van der Waals surface area contributed by atoms with Crippen LogP contribution in [0.25, 0.3) is 11.1 Å². The quantitative estimate of drug-likeness (QED) is 0.504. The molecule has 0 radical (unpaired) electrons. The monoisotopic (exact) mass is 452 g/mol. The van der Waals surface area contributed by atoms with E-state index in [1.807, 2.05) is 39.1 Å². The van der Waals surface area contributed by atoms with E-state index in [0.717, 1.165) is 42.5 Å². The number of carbonyl (C=O) groups is 1. The van der Waals surface area contributed by atoms with Crippen LogP contribution in [0.3, 0.4) is 0 Å². The van der Waals surface area contributed by atoms with Crippen molar-refractivity contribution in [3.05, 3.63) is 35.7 Å². The maximum Gasteiger partial charge on any atom is 0.410 e. The number of carbonyl (C=O) groups excluding carboxylic acids is 1. The molecule has 0 spiro atoms. The minimum absolute atomic E-state index is 0.0967. The number of nitriles is 1. The molecule has 0 N–H and O–H groups in total. The predicted molar refractivity (Wildman–Crippen MR) is 128 cm³/mol. The van der Waals surface area contributed by atoms with E-state index in [2.05, 4.69) is 18.1 Å². The SMILES string of the molecule is CCCC(C)(C)N(C)C(=O)OCc1c(-c2ccc(OC3CCCCC3)c(C#N)c2)cnn1C. The van der Waals surface area contributed by atoms with Gasteiger partial charge < -0.3 is 14.4 Å². The first-order chi connectivity index (χ1) is 15.8. The number of aryl methyl sites for hydroxylation is 1. The lowest BCUT2D eigenvalue weighted by atomic mass is 9.97. The van der Waals surface area contributed by atoms with E-state index in [0.29, 0.717) is 11.3 Å². The molecule has 0 aliphatic heterocycles. The molecule has 1 fully saturated rings. The zero-order valence-electron chi connectivity index (χ0n) is 20.6. The Morgan fingerprint density at radius 1 is 1.30 bits per heavy atom. The fraction of sp³-hybridized carbons (Fsp3) is 0.577. The Morgan fingerprint density at radius 2 is 2.03 bits per heavy atom. The van der Waals surface area contributed by atoms with Gasteiger partial charge in [0.1, 0.15) is 18.4 Å². The molecule has 178 valence electrons. The molecule has 3 rings (SSSR count). The molecule has 0 saturated heterocycles. The fourth-order valence-electron chi connectivity index (χ4n) is 4.38. The van der Waals surface area contributed by atoms with E-state index in [-0.39, 0.29) is 24.3 Å². The molecule has 1 amide bonds. The summed E-state index contributed by atoms with van der Waals surface area (Å²) in [5.41, 5.74) is 2.68. The third-order valence-electron chi connectivity index (χ3n) is 6.69. The third kappa shape index (κ3) is 5.87. The Kier molecular flexibility index (Phi) is 8.01. The Labute approximate surface area is 197 Å². The van der Waals surface area contributed by atoms with Gasteiger partial charge >= 0.3 is 6.09 Å². The van der Waals surface area contributed by atoms with Gasteiger partial charge in [-0.25, -0.2) is 4.79 Å². The van der Waals surface area contributed by atoms with Gasteiger partial charge in [-0.3, -0.25) is 4.68 Å². The standard InChI is InChI=1S/C26H36N4O3/c1-6-14-26(2,3)29(4)25(31)32-18-23-22(17-28-30(23)5)19-12-13-24(20(15-19)16-27)33-21-10-8-7-9-11-21/h12-13,15,17,21H,6-11,14,18H2,1-5H3. The van der Waals surface area contributed by atoms with Gasteiger partial charge in [0.2, 0.25) is 0 Å². The summed E-state index contributed by atoms with van der Waals surface area (Å²) in [5.74, 6) is 0.629. The van der Waals surface area contributed by atoms with Gasteiger partial charge in [0.25, 0.3) is 0 Å². The summed E-state index contributed by atoms with van der Waals surface area (Å²) in [6, 6.07) is 7.91. The summed E-state index contributed by atoms with van der Waals surface area (Å²) >= 11 is 0. The fourth-order valence-corrected chi connectivity index (χ4v) is 4.38. The first-order valence-electron chi connectivity index (χ1n) is 11.9. The van der Waals surface area contributed by atoms with Gasteiger partial charge in [0, 0.05) is 25.2 Å². The molecular weight excluding hydrogens is 416 g/mol. The van der Waals surface area contributed by atoms with Crippen molar-refractivity contribution in [3.63, 3.8) is 0 Å². The smallest absolute Gasteiger partial charge is 0.410 e. The average molecular weight is 453 g/mol. The van der Waals surface area contributed by atoms with E-state index < -0.39 is 0 Å². The zero-order chi connectivity index (χ0) is 24.0. The van der Waals surface area contributed by atoms with E-state index >= 15 is 0 Å². The molecule has 1 saturated carbocycles. The van der Waals surface area contributed by atoms with Crippen LogP contribution >= 0.6 is 0 Å². The lowest BCUT2D eigenvalue weighted by Crippen LogP contribution is -2.45. The van der Waals surface area contributed by atoms with E-state index in [1.165, 1.54) is 19.3 Å². The molecule has 7 heteroatoms. The largest absolute Gasteiger partial charge is 0.489 e. The lowest BCUT2D eigenvalue weighted by molar-refractivity contribution is 0.0661. The van der Waals surface area contributed by atoms with Crippen molar-refractivity contribution in [3.8, 4) is 22.9 Å².